The van der Waals surface area contributed by atoms with Crippen LogP contribution in [0.1, 0.15) is 0 Å². The summed E-state index contributed by atoms with van der Waals surface area (Å²) in [6.45, 7) is 0. The Balaban J connectivity index is 0. The van der Waals surface area contributed by atoms with E-state index in [1.54, 1.807) is 0 Å². The molecule has 0 saturated carbocycles. The summed E-state index contributed by atoms with van der Waals surface area (Å²) < 4.78 is 0. The van der Waals surface area contributed by atoms with Crippen LogP contribution in [-0.4, -0.2) is 14.1 Å². The Hall–Kier alpha value is 0.964. The summed E-state index contributed by atoms with van der Waals surface area (Å²) in [5.74, 6) is 0. The van der Waals surface area contributed by atoms with Crippen molar-refractivity contribution in [2.75, 3.05) is 14.1 Å². The summed E-state index contributed by atoms with van der Waals surface area (Å²) in [7, 11) is 8.39. The summed E-state index contributed by atoms with van der Waals surface area (Å²) in [5, 5.41) is 2.75. The number of rotatable bonds is 0. The molecule has 5 heavy (non-hydrogen) atoms. The molecule has 1 N–H and O–H groups in total. The van der Waals surface area contributed by atoms with Crippen molar-refractivity contribution >= 4 is 9.30 Å². The molecular weight excluding hydrogens is 121 g/mol. The van der Waals surface area contributed by atoms with Crippen LogP contribution in [-0.2, 0) is 19.4 Å². The Morgan fingerprint density at radius 1 is 1.40 bits per heavy atom. The van der Waals surface area contributed by atoms with E-state index in [-0.39, 0.29) is 0 Å². The van der Waals surface area contributed by atoms with Crippen LogP contribution < -0.4 is 5.32 Å². The third kappa shape index (κ3) is 46.9. The van der Waals surface area contributed by atoms with E-state index in [4.69, 9.17) is 0 Å². The van der Waals surface area contributed by atoms with E-state index in [1.807, 2.05) is 14.1 Å². The molecule has 0 aliphatic rings. The van der Waals surface area contributed by atoms with Gasteiger partial charge in [0, 0.05) is 0 Å². The minimum atomic E-state index is 1.47. The average molecular weight is 128 g/mol. The monoisotopic (exact) mass is 128 g/mol. The predicted octanol–water partition coefficient (Wildman–Crippen LogP) is 0.523. The van der Waals surface area contributed by atoms with Crippen LogP contribution in [0.15, 0.2) is 0 Å². The third-order valence-corrected chi connectivity index (χ3v) is 0. The fraction of sp³-hybridized carbons (Fsp3) is 1.00. The normalized spacial score (nSPS) is 4.40. The molecule has 3 heteroatoms. The molecule has 0 aromatic rings. The molecule has 0 aliphatic carbocycles. The van der Waals surface area contributed by atoms with Crippen molar-refractivity contribution in [2.45, 2.75) is 0 Å². The Kier molecular flexibility index (Phi) is 37.8. The van der Waals surface area contributed by atoms with E-state index < -0.39 is 0 Å². The third-order valence-electron chi connectivity index (χ3n) is 0. The van der Waals surface area contributed by atoms with Crippen LogP contribution in [0.2, 0.25) is 0 Å². The predicted molar refractivity (Wildman–Crippen MR) is 20.8 cm³/mol. The van der Waals surface area contributed by atoms with Gasteiger partial charge >= 0.3 is 28.7 Å². The summed E-state index contributed by atoms with van der Waals surface area (Å²) in [6, 6.07) is 0. The maximum absolute atomic E-state index is 4.64. The first-order chi connectivity index (χ1) is 2.41. The van der Waals surface area contributed by atoms with Crippen molar-refractivity contribution in [3.8, 4) is 0 Å². The molecule has 0 unspecified atom stereocenters. The summed E-state index contributed by atoms with van der Waals surface area (Å²) in [6.07, 6.45) is 0. The van der Waals surface area contributed by atoms with Crippen molar-refractivity contribution < 1.29 is 19.4 Å². The molecular formula is C2H7ClNTi. The fourth-order valence-corrected chi connectivity index (χ4v) is 0. The number of hydrogen-bond donors (Lipinski definition) is 1. The van der Waals surface area contributed by atoms with Crippen LogP contribution in [0.5, 0.6) is 0 Å². The molecule has 0 saturated heterocycles. The molecule has 0 radical (unpaired) electrons. The zero-order chi connectivity index (χ0) is 4.71. The molecule has 0 atom stereocenters. The van der Waals surface area contributed by atoms with Crippen LogP contribution >= 0.6 is 9.30 Å². The molecule has 0 fully saturated rings. The van der Waals surface area contributed by atoms with E-state index >= 15 is 0 Å². The van der Waals surface area contributed by atoms with E-state index in [0.717, 1.165) is 0 Å². The first-order valence-electron chi connectivity index (χ1n) is 1.19. The molecule has 0 rings (SSSR count). The second kappa shape index (κ2) is 20.2. The molecule has 31 valence electrons. The van der Waals surface area contributed by atoms with Gasteiger partial charge in [-0.2, -0.15) is 0 Å². The molecule has 0 aromatic heterocycles. The van der Waals surface area contributed by atoms with Crippen molar-refractivity contribution in [3.05, 3.63) is 0 Å². The molecule has 0 aliphatic heterocycles. The second-order valence-electron chi connectivity index (χ2n) is 0.500. The second-order valence-corrected chi connectivity index (χ2v) is 0.500. The van der Waals surface area contributed by atoms with Crippen molar-refractivity contribution in [2.24, 2.45) is 0 Å². The summed E-state index contributed by atoms with van der Waals surface area (Å²) >= 11 is 1.47. The molecule has 0 aromatic carbocycles. The fourth-order valence-electron chi connectivity index (χ4n) is 0. The van der Waals surface area contributed by atoms with E-state index in [9.17, 15) is 0 Å². The summed E-state index contributed by atoms with van der Waals surface area (Å²) in [4.78, 5) is 0. The zero-order valence-corrected chi connectivity index (χ0v) is 5.70. The Morgan fingerprint density at radius 2 is 1.40 bits per heavy atom. The van der Waals surface area contributed by atoms with Crippen LogP contribution in [0.25, 0.3) is 0 Å². The van der Waals surface area contributed by atoms with Crippen molar-refractivity contribution in [1.82, 2.24) is 5.32 Å². The number of hydrogen-bond acceptors (Lipinski definition) is 1. The van der Waals surface area contributed by atoms with Gasteiger partial charge in [-0.05, 0) is 14.1 Å². The van der Waals surface area contributed by atoms with Crippen molar-refractivity contribution in [3.63, 3.8) is 0 Å². The Bertz CT molecular complexity index is 9.61. The first-order valence-corrected chi connectivity index (χ1v) is 3.34. The van der Waals surface area contributed by atoms with E-state index in [0.29, 0.717) is 0 Å². The maximum atomic E-state index is 4.64. The van der Waals surface area contributed by atoms with E-state index in [2.05, 4.69) is 14.6 Å². The van der Waals surface area contributed by atoms with Gasteiger partial charge in [-0.25, -0.2) is 0 Å². The molecule has 0 bridgehead atoms. The van der Waals surface area contributed by atoms with Crippen LogP contribution in [0.4, 0.5) is 0 Å². The van der Waals surface area contributed by atoms with Gasteiger partial charge in [0.05, 0.1) is 0 Å². The average Bonchev–Trinajstić information content (AvgIpc) is 1.46. The molecule has 1 nitrogen and oxygen atoms in total. The van der Waals surface area contributed by atoms with Gasteiger partial charge in [-0.15, -0.1) is 0 Å². The van der Waals surface area contributed by atoms with Gasteiger partial charge in [-0.1, -0.05) is 0 Å². The topological polar surface area (TPSA) is 12.0 Å². The zero-order valence-electron chi connectivity index (χ0n) is 3.38. The molecule has 0 amide bonds. The van der Waals surface area contributed by atoms with Gasteiger partial charge in [-0.3, -0.25) is 0 Å². The molecule has 0 spiro atoms. The van der Waals surface area contributed by atoms with Gasteiger partial charge < -0.3 is 5.32 Å². The Morgan fingerprint density at radius 3 is 1.40 bits per heavy atom. The molecule has 0 heterocycles. The van der Waals surface area contributed by atoms with Crippen LogP contribution in [0.3, 0.4) is 0 Å². The number of halogens is 1. The van der Waals surface area contributed by atoms with E-state index in [1.165, 1.54) is 19.4 Å². The van der Waals surface area contributed by atoms with Gasteiger partial charge in [0.15, 0.2) is 0 Å². The standard InChI is InChI=1S/C2H7N.ClH.Ti/c1-3-2;;/h3H,1-2H3;1H;/q;;+1/p-1. The number of nitrogens with one attached hydrogen (secondary N) is 1. The van der Waals surface area contributed by atoms with Crippen LogP contribution in [0, 0.1) is 0 Å². The minimum absolute atomic E-state index is 1.47. The van der Waals surface area contributed by atoms with Gasteiger partial charge in [0.2, 0.25) is 0 Å². The van der Waals surface area contributed by atoms with Gasteiger partial charge in [0.1, 0.15) is 0 Å². The summed E-state index contributed by atoms with van der Waals surface area (Å²) in [5.41, 5.74) is 0. The SMILES string of the molecule is CNC.[Cl][Ti]. The first kappa shape index (κ1) is 9.35. The Labute approximate surface area is 48.4 Å². The van der Waals surface area contributed by atoms with Crippen molar-refractivity contribution in [1.29, 1.82) is 0 Å². The van der Waals surface area contributed by atoms with Gasteiger partial charge in [0.25, 0.3) is 0 Å². The quantitative estimate of drug-likeness (QED) is 0.469.